The topological polar surface area (TPSA) is 57.8 Å². The summed E-state index contributed by atoms with van der Waals surface area (Å²) in [7, 11) is 0. The van der Waals surface area contributed by atoms with Crippen molar-refractivity contribution in [3.05, 3.63) is 58.6 Å². The molecule has 0 bridgehead atoms. The third-order valence-electron chi connectivity index (χ3n) is 3.92. The van der Waals surface area contributed by atoms with Gasteiger partial charge in [0.05, 0.1) is 17.1 Å². The lowest BCUT2D eigenvalue weighted by atomic mass is 10.0. The van der Waals surface area contributed by atoms with Gasteiger partial charge in [0.2, 0.25) is 5.91 Å². The first-order chi connectivity index (χ1) is 11.5. The first kappa shape index (κ1) is 16.5. The third-order valence-corrected chi connectivity index (χ3v) is 4.93. The smallest absolute Gasteiger partial charge is 0.244 e. The molecule has 0 fully saturated rings. The molecule has 2 aromatic heterocycles. The number of imidazole rings is 1. The summed E-state index contributed by atoms with van der Waals surface area (Å²) in [5.41, 5.74) is 2.87. The van der Waals surface area contributed by atoms with E-state index >= 15 is 0 Å². The van der Waals surface area contributed by atoms with Crippen molar-refractivity contribution < 1.29 is 4.79 Å². The van der Waals surface area contributed by atoms with Crippen molar-refractivity contribution in [3.8, 4) is 0 Å². The molecule has 1 atom stereocenters. The molecule has 0 radical (unpaired) electrons. The second kappa shape index (κ2) is 7.01. The molecule has 124 valence electrons. The van der Waals surface area contributed by atoms with Crippen molar-refractivity contribution in [2.75, 3.05) is 0 Å². The van der Waals surface area contributed by atoms with Crippen LogP contribution in [0.5, 0.6) is 0 Å². The number of nitrogens with zero attached hydrogens (tertiary/aromatic N) is 1. The number of para-hydroxylation sites is 2. The number of allylic oxidation sites excluding steroid dienone is 1. The predicted molar refractivity (Wildman–Crippen MR) is 99.8 cm³/mol. The van der Waals surface area contributed by atoms with Crippen molar-refractivity contribution in [2.45, 2.75) is 26.8 Å². The Morgan fingerprint density at radius 3 is 2.71 bits per heavy atom. The van der Waals surface area contributed by atoms with Gasteiger partial charge in [0, 0.05) is 11.0 Å². The Morgan fingerprint density at radius 1 is 1.25 bits per heavy atom. The summed E-state index contributed by atoms with van der Waals surface area (Å²) < 4.78 is 0. The van der Waals surface area contributed by atoms with Crippen LogP contribution in [0.4, 0.5) is 0 Å². The molecule has 24 heavy (non-hydrogen) atoms. The van der Waals surface area contributed by atoms with Gasteiger partial charge in [-0.15, -0.1) is 11.3 Å². The molecule has 0 aliphatic carbocycles. The van der Waals surface area contributed by atoms with E-state index in [4.69, 9.17) is 0 Å². The SMILES string of the molecule is CC(=CC(=O)NC(c1nc2ccccc2[nH]1)C(C)C)c1cccs1. The highest BCUT2D eigenvalue weighted by Crippen LogP contribution is 2.23. The summed E-state index contributed by atoms with van der Waals surface area (Å²) >= 11 is 1.63. The van der Waals surface area contributed by atoms with E-state index < -0.39 is 0 Å². The zero-order valence-electron chi connectivity index (χ0n) is 14.0. The van der Waals surface area contributed by atoms with E-state index in [0.29, 0.717) is 0 Å². The summed E-state index contributed by atoms with van der Waals surface area (Å²) in [6.07, 6.45) is 1.66. The summed E-state index contributed by atoms with van der Waals surface area (Å²) in [5, 5.41) is 5.09. The van der Waals surface area contributed by atoms with Crippen molar-refractivity contribution in [3.63, 3.8) is 0 Å². The average Bonchev–Trinajstić information content (AvgIpc) is 3.21. The summed E-state index contributed by atoms with van der Waals surface area (Å²) in [4.78, 5) is 21.5. The molecule has 1 aromatic carbocycles. The number of carbonyl (C=O) groups excluding carboxylic acids is 1. The van der Waals surface area contributed by atoms with Gasteiger partial charge in [0.25, 0.3) is 0 Å². The van der Waals surface area contributed by atoms with E-state index in [1.165, 1.54) is 0 Å². The van der Waals surface area contributed by atoms with E-state index in [1.807, 2.05) is 48.7 Å². The minimum atomic E-state index is -0.155. The van der Waals surface area contributed by atoms with E-state index in [2.05, 4.69) is 29.1 Å². The number of carbonyl (C=O) groups is 1. The second-order valence-electron chi connectivity index (χ2n) is 6.17. The fourth-order valence-electron chi connectivity index (χ4n) is 2.64. The van der Waals surface area contributed by atoms with Gasteiger partial charge in [0.1, 0.15) is 5.82 Å². The molecule has 1 unspecified atom stereocenters. The number of H-pyrrole nitrogens is 1. The molecule has 5 heteroatoms. The van der Waals surface area contributed by atoms with Gasteiger partial charge in [-0.2, -0.15) is 0 Å². The van der Waals surface area contributed by atoms with Crippen LogP contribution >= 0.6 is 11.3 Å². The quantitative estimate of drug-likeness (QED) is 0.670. The second-order valence-corrected chi connectivity index (χ2v) is 7.12. The molecule has 0 spiro atoms. The van der Waals surface area contributed by atoms with Crippen LogP contribution in [0.2, 0.25) is 0 Å². The first-order valence-electron chi connectivity index (χ1n) is 8.02. The van der Waals surface area contributed by atoms with Crippen LogP contribution < -0.4 is 5.32 Å². The number of aromatic nitrogens is 2. The Labute approximate surface area is 145 Å². The Kier molecular flexibility index (Phi) is 4.81. The molecular formula is C19H21N3OS. The lowest BCUT2D eigenvalue weighted by Gasteiger charge is -2.19. The molecule has 3 rings (SSSR count). The van der Waals surface area contributed by atoms with Gasteiger partial charge in [-0.25, -0.2) is 4.98 Å². The van der Waals surface area contributed by atoms with E-state index in [0.717, 1.165) is 27.3 Å². The van der Waals surface area contributed by atoms with Crippen molar-refractivity contribution in [2.24, 2.45) is 5.92 Å². The molecule has 1 amide bonds. The number of nitrogens with one attached hydrogen (secondary N) is 2. The molecule has 4 nitrogen and oxygen atoms in total. The molecule has 3 aromatic rings. The molecule has 0 saturated carbocycles. The van der Waals surface area contributed by atoms with Gasteiger partial charge in [-0.3, -0.25) is 4.79 Å². The number of thiophene rings is 1. The van der Waals surface area contributed by atoms with Crippen LogP contribution in [0.25, 0.3) is 16.6 Å². The Bertz CT molecular complexity index is 829. The van der Waals surface area contributed by atoms with Crippen LogP contribution in [0.1, 0.15) is 37.5 Å². The molecule has 0 aliphatic heterocycles. The fourth-order valence-corrected chi connectivity index (χ4v) is 3.34. The third kappa shape index (κ3) is 3.57. The van der Waals surface area contributed by atoms with Crippen LogP contribution in [-0.4, -0.2) is 15.9 Å². The van der Waals surface area contributed by atoms with Crippen LogP contribution in [0, 0.1) is 5.92 Å². The first-order valence-corrected chi connectivity index (χ1v) is 8.90. The van der Waals surface area contributed by atoms with Gasteiger partial charge < -0.3 is 10.3 Å². The number of hydrogen-bond donors (Lipinski definition) is 2. The Hall–Kier alpha value is -2.40. The van der Waals surface area contributed by atoms with Gasteiger partial charge in [0.15, 0.2) is 0 Å². The number of fused-ring (bicyclic) bond motifs is 1. The highest BCUT2D eigenvalue weighted by atomic mass is 32.1. The lowest BCUT2D eigenvalue weighted by Crippen LogP contribution is -2.31. The molecular weight excluding hydrogens is 318 g/mol. The van der Waals surface area contributed by atoms with E-state index in [-0.39, 0.29) is 17.9 Å². The maximum Gasteiger partial charge on any atom is 0.244 e. The van der Waals surface area contributed by atoms with Crippen LogP contribution in [0.3, 0.4) is 0 Å². The van der Waals surface area contributed by atoms with E-state index in [1.54, 1.807) is 17.4 Å². The van der Waals surface area contributed by atoms with Gasteiger partial charge in [-0.1, -0.05) is 32.0 Å². The van der Waals surface area contributed by atoms with E-state index in [9.17, 15) is 4.79 Å². The van der Waals surface area contributed by atoms with Crippen molar-refractivity contribution in [1.82, 2.24) is 15.3 Å². The van der Waals surface area contributed by atoms with Gasteiger partial charge in [-0.05, 0) is 42.0 Å². The highest BCUT2D eigenvalue weighted by Gasteiger charge is 2.21. The predicted octanol–water partition coefficient (Wildman–Crippen LogP) is 4.54. The van der Waals surface area contributed by atoms with Crippen molar-refractivity contribution in [1.29, 1.82) is 0 Å². The number of amides is 1. The number of aromatic amines is 1. The Balaban J connectivity index is 1.81. The molecule has 0 saturated heterocycles. The highest BCUT2D eigenvalue weighted by molar-refractivity contribution is 7.11. The Morgan fingerprint density at radius 2 is 2.04 bits per heavy atom. The maximum atomic E-state index is 12.4. The summed E-state index contributed by atoms with van der Waals surface area (Å²) in [6, 6.07) is 11.7. The standard InChI is InChI=1S/C19H21N3OS/c1-12(2)18(19-20-14-7-4-5-8-15(14)21-19)22-17(23)11-13(3)16-9-6-10-24-16/h4-12,18H,1-3H3,(H,20,21)(H,22,23). The zero-order chi connectivity index (χ0) is 17.1. The lowest BCUT2D eigenvalue weighted by molar-refractivity contribution is -0.117. The normalized spacial score (nSPS) is 13.4. The zero-order valence-corrected chi connectivity index (χ0v) is 14.9. The summed E-state index contributed by atoms with van der Waals surface area (Å²) in [5.74, 6) is 0.923. The molecule has 0 aliphatic rings. The minimum absolute atomic E-state index is 0.0972. The summed E-state index contributed by atoms with van der Waals surface area (Å²) in [6.45, 7) is 6.11. The van der Waals surface area contributed by atoms with Crippen LogP contribution in [-0.2, 0) is 4.79 Å². The average molecular weight is 339 g/mol. The number of hydrogen-bond acceptors (Lipinski definition) is 3. The maximum absolute atomic E-state index is 12.4. The monoisotopic (exact) mass is 339 g/mol. The minimum Gasteiger partial charge on any atom is -0.342 e. The largest absolute Gasteiger partial charge is 0.342 e. The van der Waals surface area contributed by atoms with Gasteiger partial charge >= 0.3 is 0 Å². The molecule has 2 heterocycles. The molecule has 2 N–H and O–H groups in total. The number of benzene rings is 1. The number of rotatable bonds is 5. The van der Waals surface area contributed by atoms with Crippen LogP contribution in [0.15, 0.2) is 47.9 Å². The fraction of sp³-hybridized carbons (Fsp3) is 0.263. The van der Waals surface area contributed by atoms with Crippen molar-refractivity contribution >= 4 is 33.9 Å².